The molecule has 1 aromatic carbocycles. The van der Waals surface area contributed by atoms with Crippen molar-refractivity contribution in [2.24, 2.45) is 11.1 Å². The SMILES string of the molecule is CCN(CC(C)C)C(=O)c1cc(S(N)(=O)=O)cc(Cl)c1C. The molecule has 0 bridgehead atoms. The minimum Gasteiger partial charge on any atom is -0.339 e. The minimum atomic E-state index is -3.91. The highest BCUT2D eigenvalue weighted by atomic mass is 35.5. The topological polar surface area (TPSA) is 80.5 Å². The third-order valence-corrected chi connectivity index (χ3v) is 4.42. The molecule has 0 unspecified atom stereocenters. The first-order valence-electron chi connectivity index (χ1n) is 6.70. The number of rotatable bonds is 5. The number of carbonyl (C=O) groups is 1. The molecule has 0 atom stereocenters. The normalized spacial score (nSPS) is 11.8. The Labute approximate surface area is 131 Å². The van der Waals surface area contributed by atoms with Gasteiger partial charge in [-0.3, -0.25) is 4.79 Å². The molecule has 2 N–H and O–H groups in total. The Morgan fingerprint density at radius 2 is 1.95 bits per heavy atom. The summed E-state index contributed by atoms with van der Waals surface area (Å²) in [6, 6.07) is 2.56. The molecular weight excluding hydrogens is 312 g/mol. The Kier molecular flexibility index (Phi) is 5.78. The minimum absolute atomic E-state index is 0.151. The Bertz CT molecular complexity index is 642. The van der Waals surface area contributed by atoms with Gasteiger partial charge in [-0.15, -0.1) is 0 Å². The first-order chi connectivity index (χ1) is 9.57. The van der Waals surface area contributed by atoms with Crippen molar-refractivity contribution in [1.82, 2.24) is 4.90 Å². The fourth-order valence-electron chi connectivity index (χ4n) is 2.01. The second kappa shape index (κ2) is 6.77. The number of carbonyl (C=O) groups excluding carboxylic acids is 1. The van der Waals surface area contributed by atoms with Crippen LogP contribution in [0.5, 0.6) is 0 Å². The van der Waals surface area contributed by atoms with Crippen LogP contribution in [0.1, 0.15) is 36.7 Å². The van der Waals surface area contributed by atoms with Crippen molar-refractivity contribution in [2.45, 2.75) is 32.6 Å². The summed E-state index contributed by atoms with van der Waals surface area (Å²) in [5.41, 5.74) is 0.824. The number of amides is 1. The molecule has 0 saturated heterocycles. The first kappa shape index (κ1) is 17.9. The highest BCUT2D eigenvalue weighted by Crippen LogP contribution is 2.25. The standard InChI is InChI=1S/C14H21ClN2O3S/c1-5-17(8-9(2)3)14(18)12-6-11(21(16,19)20)7-13(15)10(12)4/h6-7,9H,5,8H2,1-4H3,(H2,16,19,20). The van der Waals surface area contributed by atoms with Gasteiger partial charge in [0.15, 0.2) is 0 Å². The molecule has 0 aliphatic rings. The lowest BCUT2D eigenvalue weighted by Crippen LogP contribution is -2.34. The molecule has 1 aromatic rings. The predicted molar refractivity (Wildman–Crippen MR) is 84.0 cm³/mol. The summed E-state index contributed by atoms with van der Waals surface area (Å²) in [5.74, 6) is 0.0715. The van der Waals surface area contributed by atoms with Gasteiger partial charge < -0.3 is 4.90 Å². The smallest absolute Gasteiger partial charge is 0.254 e. The van der Waals surface area contributed by atoms with Crippen LogP contribution >= 0.6 is 11.6 Å². The zero-order valence-corrected chi connectivity index (χ0v) is 14.3. The van der Waals surface area contributed by atoms with Crippen molar-refractivity contribution in [3.05, 3.63) is 28.3 Å². The highest BCUT2D eigenvalue weighted by molar-refractivity contribution is 7.89. The summed E-state index contributed by atoms with van der Waals surface area (Å²) in [6.45, 7) is 8.71. The molecule has 21 heavy (non-hydrogen) atoms. The molecule has 1 rings (SSSR count). The van der Waals surface area contributed by atoms with E-state index in [0.717, 1.165) is 0 Å². The molecule has 0 saturated carbocycles. The van der Waals surface area contributed by atoms with Crippen LogP contribution in [0.2, 0.25) is 5.02 Å². The molecule has 0 aromatic heterocycles. The Morgan fingerprint density at radius 1 is 1.38 bits per heavy atom. The zero-order valence-electron chi connectivity index (χ0n) is 12.7. The highest BCUT2D eigenvalue weighted by Gasteiger charge is 2.21. The van der Waals surface area contributed by atoms with Crippen LogP contribution in [0.15, 0.2) is 17.0 Å². The molecule has 5 nitrogen and oxygen atoms in total. The van der Waals surface area contributed by atoms with Crippen molar-refractivity contribution in [3.63, 3.8) is 0 Å². The summed E-state index contributed by atoms with van der Waals surface area (Å²) < 4.78 is 23.0. The summed E-state index contributed by atoms with van der Waals surface area (Å²) in [7, 11) is -3.91. The lowest BCUT2D eigenvalue weighted by atomic mass is 10.1. The van der Waals surface area contributed by atoms with Crippen LogP contribution in [0, 0.1) is 12.8 Å². The van der Waals surface area contributed by atoms with Crippen LogP contribution in [-0.2, 0) is 10.0 Å². The summed E-state index contributed by atoms with van der Waals surface area (Å²) in [4.78, 5) is 14.1. The average Bonchev–Trinajstić information content (AvgIpc) is 2.36. The summed E-state index contributed by atoms with van der Waals surface area (Å²) in [5, 5.41) is 5.34. The van der Waals surface area contributed by atoms with E-state index in [9.17, 15) is 13.2 Å². The first-order valence-corrected chi connectivity index (χ1v) is 8.62. The monoisotopic (exact) mass is 332 g/mol. The number of sulfonamides is 1. The summed E-state index contributed by atoms with van der Waals surface area (Å²) >= 11 is 6.03. The van der Waals surface area contributed by atoms with Gasteiger partial charge in [0.05, 0.1) is 4.90 Å². The van der Waals surface area contributed by atoms with E-state index in [1.165, 1.54) is 12.1 Å². The third kappa shape index (κ3) is 4.43. The maximum atomic E-state index is 12.6. The number of hydrogen-bond donors (Lipinski definition) is 1. The Morgan fingerprint density at radius 3 is 2.38 bits per heavy atom. The van der Waals surface area contributed by atoms with Gasteiger partial charge in [-0.25, -0.2) is 13.6 Å². The molecule has 0 spiro atoms. The van der Waals surface area contributed by atoms with Crippen LogP contribution in [0.25, 0.3) is 0 Å². The van der Waals surface area contributed by atoms with Gasteiger partial charge in [0, 0.05) is 23.7 Å². The van der Waals surface area contributed by atoms with Gasteiger partial charge in [-0.05, 0) is 37.5 Å². The van der Waals surface area contributed by atoms with Gasteiger partial charge in [0.25, 0.3) is 5.91 Å². The van der Waals surface area contributed by atoms with E-state index in [2.05, 4.69) is 0 Å². The molecular formula is C14H21ClN2O3S. The fraction of sp³-hybridized carbons (Fsp3) is 0.500. The largest absolute Gasteiger partial charge is 0.339 e. The van der Waals surface area contributed by atoms with Crippen LogP contribution in [0.3, 0.4) is 0 Å². The number of primary sulfonamides is 1. The number of nitrogens with two attached hydrogens (primary N) is 1. The van der Waals surface area contributed by atoms with E-state index < -0.39 is 10.0 Å². The van der Waals surface area contributed by atoms with Crippen molar-refractivity contribution < 1.29 is 13.2 Å². The zero-order chi connectivity index (χ0) is 16.4. The van der Waals surface area contributed by atoms with Gasteiger partial charge >= 0.3 is 0 Å². The van der Waals surface area contributed by atoms with E-state index in [0.29, 0.717) is 24.6 Å². The van der Waals surface area contributed by atoms with E-state index in [4.69, 9.17) is 16.7 Å². The number of nitrogens with zero attached hydrogens (tertiary/aromatic N) is 1. The fourth-order valence-corrected chi connectivity index (χ4v) is 2.86. The van der Waals surface area contributed by atoms with Crippen LogP contribution in [0.4, 0.5) is 0 Å². The number of benzene rings is 1. The van der Waals surface area contributed by atoms with Gasteiger partial charge in [-0.2, -0.15) is 0 Å². The molecule has 0 heterocycles. The van der Waals surface area contributed by atoms with Crippen molar-refractivity contribution in [1.29, 1.82) is 0 Å². The van der Waals surface area contributed by atoms with Gasteiger partial charge in [-0.1, -0.05) is 25.4 Å². The van der Waals surface area contributed by atoms with Gasteiger partial charge in [0.1, 0.15) is 0 Å². The maximum absolute atomic E-state index is 12.6. The van der Waals surface area contributed by atoms with E-state index >= 15 is 0 Å². The predicted octanol–water partition coefficient (Wildman–Crippen LogP) is 2.41. The Balaban J connectivity index is 3.35. The molecule has 0 radical (unpaired) electrons. The van der Waals surface area contributed by atoms with Crippen molar-refractivity contribution in [2.75, 3.05) is 13.1 Å². The second-order valence-corrected chi connectivity index (χ2v) is 7.33. The van der Waals surface area contributed by atoms with Crippen molar-refractivity contribution >= 4 is 27.5 Å². The molecule has 0 fully saturated rings. The Hall–Kier alpha value is -1.11. The third-order valence-electron chi connectivity index (χ3n) is 3.13. The average molecular weight is 333 g/mol. The van der Waals surface area contributed by atoms with Crippen LogP contribution < -0.4 is 5.14 Å². The van der Waals surface area contributed by atoms with Crippen LogP contribution in [-0.4, -0.2) is 32.3 Å². The quantitative estimate of drug-likeness (QED) is 0.899. The second-order valence-electron chi connectivity index (χ2n) is 5.36. The van der Waals surface area contributed by atoms with E-state index in [1.807, 2.05) is 20.8 Å². The molecule has 7 heteroatoms. The lowest BCUT2D eigenvalue weighted by molar-refractivity contribution is 0.0745. The number of hydrogen-bond acceptors (Lipinski definition) is 3. The van der Waals surface area contributed by atoms with E-state index in [-0.39, 0.29) is 21.4 Å². The van der Waals surface area contributed by atoms with Crippen molar-refractivity contribution in [3.8, 4) is 0 Å². The molecule has 1 amide bonds. The molecule has 0 aliphatic carbocycles. The van der Waals surface area contributed by atoms with E-state index in [1.54, 1.807) is 11.8 Å². The number of halogens is 1. The summed E-state index contributed by atoms with van der Waals surface area (Å²) in [6.07, 6.45) is 0. The molecule has 0 aliphatic heterocycles. The lowest BCUT2D eigenvalue weighted by Gasteiger charge is -2.24. The maximum Gasteiger partial charge on any atom is 0.254 e. The molecule has 118 valence electrons. The van der Waals surface area contributed by atoms with Gasteiger partial charge in [0.2, 0.25) is 10.0 Å².